The third-order valence-electron chi connectivity index (χ3n) is 2.28. The van der Waals surface area contributed by atoms with Crippen molar-refractivity contribution >= 4 is 17.5 Å². The number of hydrogen-bond donors (Lipinski definition) is 2. The molecule has 0 aliphatic carbocycles. The molecule has 1 saturated heterocycles. The van der Waals surface area contributed by atoms with Crippen LogP contribution in [0.15, 0.2) is 30.3 Å². The van der Waals surface area contributed by atoms with Gasteiger partial charge in [0.05, 0.1) is 6.54 Å². The zero-order chi connectivity index (χ0) is 11.4. The van der Waals surface area contributed by atoms with Crippen molar-refractivity contribution in [1.29, 1.82) is 0 Å². The molecule has 1 fully saturated rings. The lowest BCUT2D eigenvalue weighted by molar-refractivity contribution is -0.122. The summed E-state index contributed by atoms with van der Waals surface area (Å²) in [5, 5.41) is 4.36. The summed E-state index contributed by atoms with van der Waals surface area (Å²) in [5.74, 6) is -0.166. The maximum absolute atomic E-state index is 11.6. The van der Waals surface area contributed by atoms with Crippen molar-refractivity contribution in [3.8, 4) is 0 Å². The molecular formula is C11H13N3O2. The van der Waals surface area contributed by atoms with Gasteiger partial charge in [-0.15, -0.1) is 0 Å². The lowest BCUT2D eigenvalue weighted by Crippen LogP contribution is -2.39. The fourth-order valence-electron chi connectivity index (χ4n) is 1.54. The average molecular weight is 219 g/mol. The second kappa shape index (κ2) is 4.76. The van der Waals surface area contributed by atoms with Gasteiger partial charge < -0.3 is 5.32 Å². The van der Waals surface area contributed by atoms with E-state index in [1.54, 1.807) is 5.01 Å². The fourth-order valence-corrected chi connectivity index (χ4v) is 1.54. The minimum absolute atomic E-state index is 0.0347. The minimum atomic E-state index is -0.131. The molecule has 2 rings (SSSR count). The number of anilines is 1. The first-order valence-electron chi connectivity index (χ1n) is 5.13. The van der Waals surface area contributed by atoms with E-state index in [0.29, 0.717) is 13.0 Å². The van der Waals surface area contributed by atoms with Gasteiger partial charge in [-0.1, -0.05) is 18.2 Å². The summed E-state index contributed by atoms with van der Waals surface area (Å²) in [5.41, 5.74) is 3.37. The van der Waals surface area contributed by atoms with Gasteiger partial charge in [0.25, 0.3) is 0 Å². The van der Waals surface area contributed by atoms with Gasteiger partial charge in [0.15, 0.2) is 0 Å². The standard InChI is InChI=1S/C11H13N3O2/c15-10-6-7-14(13-10)8-11(16)12-9-4-2-1-3-5-9/h1-5H,6-8H2,(H,12,16)(H,13,15). The third-order valence-corrected chi connectivity index (χ3v) is 2.28. The molecule has 2 N–H and O–H groups in total. The number of hydrogen-bond acceptors (Lipinski definition) is 3. The fraction of sp³-hybridized carbons (Fsp3) is 0.273. The van der Waals surface area contributed by atoms with E-state index in [2.05, 4.69) is 10.7 Å². The van der Waals surface area contributed by atoms with Crippen molar-refractivity contribution in [3.63, 3.8) is 0 Å². The first-order chi connectivity index (χ1) is 7.74. The van der Waals surface area contributed by atoms with Crippen LogP contribution in [0.25, 0.3) is 0 Å². The van der Waals surface area contributed by atoms with E-state index in [4.69, 9.17) is 0 Å². The number of para-hydroxylation sites is 1. The highest BCUT2D eigenvalue weighted by molar-refractivity contribution is 5.92. The van der Waals surface area contributed by atoms with Crippen LogP contribution in [0.5, 0.6) is 0 Å². The van der Waals surface area contributed by atoms with Gasteiger partial charge in [-0.25, -0.2) is 5.01 Å². The molecule has 2 amide bonds. The van der Waals surface area contributed by atoms with Crippen molar-refractivity contribution in [1.82, 2.24) is 10.4 Å². The predicted octanol–water partition coefficient (Wildman–Crippen LogP) is 0.362. The van der Waals surface area contributed by atoms with E-state index in [-0.39, 0.29) is 18.4 Å². The van der Waals surface area contributed by atoms with Crippen LogP contribution >= 0.6 is 0 Å². The smallest absolute Gasteiger partial charge is 0.240 e. The minimum Gasteiger partial charge on any atom is -0.325 e. The Bertz CT molecular complexity index is 391. The first-order valence-corrected chi connectivity index (χ1v) is 5.13. The number of hydrazine groups is 1. The Morgan fingerprint density at radius 1 is 1.38 bits per heavy atom. The number of carbonyl (C=O) groups excluding carboxylic acids is 2. The molecule has 0 bridgehead atoms. The van der Waals surface area contributed by atoms with Crippen molar-refractivity contribution in [2.45, 2.75) is 6.42 Å². The molecule has 0 radical (unpaired) electrons. The Morgan fingerprint density at radius 2 is 2.12 bits per heavy atom. The van der Waals surface area contributed by atoms with Crippen molar-refractivity contribution in [2.24, 2.45) is 0 Å². The largest absolute Gasteiger partial charge is 0.325 e. The summed E-state index contributed by atoms with van der Waals surface area (Å²) in [6, 6.07) is 9.23. The van der Waals surface area contributed by atoms with E-state index in [1.807, 2.05) is 30.3 Å². The normalized spacial score (nSPS) is 15.9. The van der Waals surface area contributed by atoms with Crippen LogP contribution in [-0.2, 0) is 9.59 Å². The van der Waals surface area contributed by atoms with Gasteiger partial charge in [-0.3, -0.25) is 15.0 Å². The van der Waals surface area contributed by atoms with Crippen LogP contribution in [-0.4, -0.2) is 29.9 Å². The Labute approximate surface area is 93.4 Å². The van der Waals surface area contributed by atoms with Crippen LogP contribution in [0.4, 0.5) is 5.69 Å². The summed E-state index contributed by atoms with van der Waals surface area (Å²) in [6.45, 7) is 0.766. The van der Waals surface area contributed by atoms with Gasteiger partial charge in [0.1, 0.15) is 0 Å². The van der Waals surface area contributed by atoms with Crippen molar-refractivity contribution in [2.75, 3.05) is 18.4 Å². The van der Waals surface area contributed by atoms with Gasteiger partial charge in [-0.2, -0.15) is 0 Å². The van der Waals surface area contributed by atoms with Crippen LogP contribution in [0.1, 0.15) is 6.42 Å². The van der Waals surface area contributed by atoms with E-state index >= 15 is 0 Å². The molecule has 0 aromatic heterocycles. The topological polar surface area (TPSA) is 61.4 Å². The molecule has 1 aliphatic heterocycles. The zero-order valence-electron chi connectivity index (χ0n) is 8.77. The van der Waals surface area contributed by atoms with E-state index < -0.39 is 0 Å². The molecule has 1 heterocycles. The highest BCUT2D eigenvalue weighted by Crippen LogP contribution is 2.05. The van der Waals surface area contributed by atoms with Gasteiger partial charge in [0.2, 0.25) is 11.8 Å². The Morgan fingerprint density at radius 3 is 2.75 bits per heavy atom. The quantitative estimate of drug-likeness (QED) is 0.771. The van der Waals surface area contributed by atoms with Crippen LogP contribution in [0, 0.1) is 0 Å². The number of carbonyl (C=O) groups is 2. The van der Waals surface area contributed by atoms with E-state index in [9.17, 15) is 9.59 Å². The molecule has 0 atom stereocenters. The number of benzene rings is 1. The maximum Gasteiger partial charge on any atom is 0.240 e. The number of nitrogens with zero attached hydrogens (tertiary/aromatic N) is 1. The summed E-state index contributed by atoms with van der Waals surface area (Å²) in [7, 11) is 0. The Kier molecular flexibility index (Phi) is 3.16. The second-order valence-electron chi connectivity index (χ2n) is 3.62. The summed E-state index contributed by atoms with van der Waals surface area (Å²) in [6.07, 6.45) is 0.457. The highest BCUT2D eigenvalue weighted by atomic mass is 16.2. The molecule has 16 heavy (non-hydrogen) atoms. The predicted molar refractivity (Wildman–Crippen MR) is 59.4 cm³/mol. The summed E-state index contributed by atoms with van der Waals surface area (Å²) >= 11 is 0. The van der Waals surface area contributed by atoms with Gasteiger partial charge in [-0.05, 0) is 12.1 Å². The number of rotatable bonds is 3. The molecule has 0 unspecified atom stereocenters. The van der Waals surface area contributed by atoms with Crippen molar-refractivity contribution in [3.05, 3.63) is 30.3 Å². The second-order valence-corrected chi connectivity index (χ2v) is 3.62. The summed E-state index contributed by atoms with van der Waals surface area (Å²) < 4.78 is 0. The molecule has 1 aromatic carbocycles. The highest BCUT2D eigenvalue weighted by Gasteiger charge is 2.20. The average Bonchev–Trinajstić information content (AvgIpc) is 2.65. The maximum atomic E-state index is 11.6. The van der Waals surface area contributed by atoms with Crippen LogP contribution in [0.3, 0.4) is 0 Å². The molecule has 0 saturated carbocycles. The molecule has 1 aliphatic rings. The van der Waals surface area contributed by atoms with Crippen LogP contribution in [0.2, 0.25) is 0 Å². The van der Waals surface area contributed by atoms with Crippen molar-refractivity contribution < 1.29 is 9.59 Å². The number of amides is 2. The lowest BCUT2D eigenvalue weighted by atomic mass is 10.3. The lowest BCUT2D eigenvalue weighted by Gasteiger charge is -2.14. The Hall–Kier alpha value is -1.88. The third kappa shape index (κ3) is 2.80. The van der Waals surface area contributed by atoms with Gasteiger partial charge in [0, 0.05) is 18.7 Å². The summed E-state index contributed by atoms with van der Waals surface area (Å²) in [4.78, 5) is 22.5. The van der Waals surface area contributed by atoms with Crippen LogP contribution < -0.4 is 10.7 Å². The first kappa shape index (κ1) is 10.6. The molecule has 5 heteroatoms. The number of nitrogens with one attached hydrogen (secondary N) is 2. The molecule has 0 spiro atoms. The van der Waals surface area contributed by atoms with Gasteiger partial charge >= 0.3 is 0 Å². The molecular weight excluding hydrogens is 206 g/mol. The zero-order valence-corrected chi connectivity index (χ0v) is 8.77. The molecule has 1 aromatic rings. The van der Waals surface area contributed by atoms with E-state index in [1.165, 1.54) is 0 Å². The molecule has 5 nitrogen and oxygen atoms in total. The monoisotopic (exact) mass is 219 g/mol. The SMILES string of the molecule is O=C(CN1CCC(=O)N1)Nc1ccccc1. The molecule has 84 valence electrons. The van der Waals surface area contributed by atoms with E-state index in [0.717, 1.165) is 5.69 Å². The Balaban J connectivity index is 1.83.